The van der Waals surface area contributed by atoms with Crippen LogP contribution in [0.5, 0.6) is 0 Å². The maximum atomic E-state index is 11.9. The second kappa shape index (κ2) is 18.4. The minimum Gasteiger partial charge on any atom is -0.393 e. The number of carbonyl (C=O) groups excluding carboxylic acids is 1. The molecule has 4 nitrogen and oxygen atoms in total. The summed E-state index contributed by atoms with van der Waals surface area (Å²) in [6, 6.07) is 8.07. The molecule has 0 aliphatic heterocycles. The summed E-state index contributed by atoms with van der Waals surface area (Å²) in [5, 5.41) is 13.0. The van der Waals surface area contributed by atoms with Gasteiger partial charge in [-0.15, -0.1) is 0 Å². The highest BCUT2D eigenvalue weighted by atomic mass is 16.3. The molecule has 0 heterocycles. The van der Waals surface area contributed by atoms with Crippen LogP contribution >= 0.6 is 0 Å². The average Bonchev–Trinajstić information content (AvgIpc) is 2.77. The lowest BCUT2D eigenvalue weighted by Crippen LogP contribution is -2.22. The van der Waals surface area contributed by atoms with Crippen LogP contribution in [0.15, 0.2) is 24.3 Å². The van der Waals surface area contributed by atoms with Gasteiger partial charge in [-0.3, -0.25) is 4.79 Å². The van der Waals surface area contributed by atoms with E-state index in [1.807, 2.05) is 24.3 Å². The predicted molar refractivity (Wildman–Crippen MR) is 127 cm³/mol. The number of benzene rings is 1. The van der Waals surface area contributed by atoms with Gasteiger partial charge in [0.15, 0.2) is 0 Å². The van der Waals surface area contributed by atoms with Crippen LogP contribution in [0.1, 0.15) is 114 Å². The summed E-state index contributed by atoms with van der Waals surface area (Å²) in [4.78, 5) is 11.9. The molecule has 1 amide bonds. The molecule has 0 aliphatic rings. The van der Waals surface area contributed by atoms with Crippen LogP contribution in [-0.4, -0.2) is 17.1 Å². The Morgan fingerprint density at radius 3 is 1.90 bits per heavy atom. The van der Waals surface area contributed by atoms with Crippen molar-refractivity contribution < 1.29 is 9.90 Å². The number of hydrogen-bond acceptors (Lipinski definition) is 3. The average molecular weight is 419 g/mol. The van der Waals surface area contributed by atoms with Gasteiger partial charge in [-0.2, -0.15) is 0 Å². The quantitative estimate of drug-likeness (QED) is 0.241. The molecule has 0 bridgehead atoms. The molecule has 1 aromatic rings. The SMILES string of the molecule is CCCCCCC(O)CCCCCCCCCCC(=O)NCc1ccc(CN)cc1. The van der Waals surface area contributed by atoms with Gasteiger partial charge in [-0.25, -0.2) is 0 Å². The number of carbonyl (C=O) groups is 1. The first-order chi connectivity index (χ1) is 14.7. The fourth-order valence-corrected chi connectivity index (χ4v) is 3.76. The minimum absolute atomic E-state index is 0.0849. The molecule has 0 aliphatic carbocycles. The molecule has 0 saturated carbocycles. The van der Waals surface area contributed by atoms with Gasteiger partial charge < -0.3 is 16.2 Å². The Kier molecular flexibility index (Phi) is 16.3. The number of aliphatic hydroxyl groups is 1. The largest absolute Gasteiger partial charge is 0.393 e. The fraction of sp³-hybridized carbons (Fsp3) is 0.731. The third-order valence-corrected chi connectivity index (χ3v) is 5.83. The zero-order valence-corrected chi connectivity index (χ0v) is 19.3. The number of aliphatic hydroxyl groups excluding tert-OH is 1. The number of unbranched alkanes of at least 4 members (excludes halogenated alkanes) is 10. The number of amides is 1. The van der Waals surface area contributed by atoms with E-state index in [2.05, 4.69) is 12.2 Å². The summed E-state index contributed by atoms with van der Waals surface area (Å²) in [5.41, 5.74) is 7.82. The van der Waals surface area contributed by atoms with Crippen molar-refractivity contribution in [2.45, 2.75) is 122 Å². The molecule has 30 heavy (non-hydrogen) atoms. The van der Waals surface area contributed by atoms with E-state index in [1.165, 1.54) is 57.8 Å². The van der Waals surface area contributed by atoms with Crippen LogP contribution in [-0.2, 0) is 17.9 Å². The number of nitrogens with one attached hydrogen (secondary N) is 1. The van der Waals surface area contributed by atoms with Gasteiger partial charge in [0.1, 0.15) is 0 Å². The van der Waals surface area contributed by atoms with Crippen molar-refractivity contribution in [2.75, 3.05) is 0 Å². The normalized spacial score (nSPS) is 12.1. The fourth-order valence-electron chi connectivity index (χ4n) is 3.76. The zero-order valence-electron chi connectivity index (χ0n) is 19.3. The van der Waals surface area contributed by atoms with Crippen molar-refractivity contribution in [3.63, 3.8) is 0 Å². The van der Waals surface area contributed by atoms with Crippen molar-refractivity contribution in [2.24, 2.45) is 5.73 Å². The van der Waals surface area contributed by atoms with E-state index in [4.69, 9.17) is 5.73 Å². The Balaban J connectivity index is 1.87. The second-order valence-electron chi connectivity index (χ2n) is 8.67. The lowest BCUT2D eigenvalue weighted by molar-refractivity contribution is -0.121. The lowest BCUT2D eigenvalue weighted by Gasteiger charge is -2.10. The Labute approximate surface area is 185 Å². The first kappa shape index (κ1) is 26.6. The molecule has 4 N–H and O–H groups in total. The number of hydrogen-bond donors (Lipinski definition) is 3. The van der Waals surface area contributed by atoms with Gasteiger partial charge in [0, 0.05) is 19.5 Å². The van der Waals surface area contributed by atoms with Crippen molar-refractivity contribution in [3.8, 4) is 0 Å². The van der Waals surface area contributed by atoms with Crippen LogP contribution in [0.4, 0.5) is 0 Å². The summed E-state index contributed by atoms with van der Waals surface area (Å²) >= 11 is 0. The minimum atomic E-state index is -0.0849. The predicted octanol–water partition coefficient (Wildman–Crippen LogP) is 5.99. The summed E-state index contributed by atoms with van der Waals surface area (Å²) in [7, 11) is 0. The van der Waals surface area contributed by atoms with Gasteiger partial charge in [-0.1, -0.05) is 102 Å². The van der Waals surface area contributed by atoms with Crippen molar-refractivity contribution in [3.05, 3.63) is 35.4 Å². The summed E-state index contributed by atoms with van der Waals surface area (Å²) in [6.45, 7) is 3.37. The molecule has 0 spiro atoms. The molecule has 1 unspecified atom stereocenters. The zero-order chi connectivity index (χ0) is 21.9. The highest BCUT2D eigenvalue weighted by molar-refractivity contribution is 5.75. The smallest absolute Gasteiger partial charge is 0.220 e. The van der Waals surface area contributed by atoms with Gasteiger partial charge in [0.2, 0.25) is 5.91 Å². The number of rotatable bonds is 19. The van der Waals surface area contributed by atoms with Crippen molar-refractivity contribution >= 4 is 5.91 Å². The molecule has 1 aromatic carbocycles. The molecule has 172 valence electrons. The van der Waals surface area contributed by atoms with Crippen LogP contribution in [0.25, 0.3) is 0 Å². The van der Waals surface area contributed by atoms with Gasteiger partial charge >= 0.3 is 0 Å². The van der Waals surface area contributed by atoms with Crippen LogP contribution in [0.3, 0.4) is 0 Å². The Morgan fingerprint density at radius 1 is 0.833 bits per heavy atom. The van der Waals surface area contributed by atoms with Gasteiger partial charge in [0.05, 0.1) is 6.10 Å². The van der Waals surface area contributed by atoms with E-state index in [9.17, 15) is 9.90 Å². The molecule has 1 rings (SSSR count). The van der Waals surface area contributed by atoms with Crippen molar-refractivity contribution in [1.82, 2.24) is 5.32 Å². The van der Waals surface area contributed by atoms with E-state index in [-0.39, 0.29) is 12.0 Å². The topological polar surface area (TPSA) is 75.3 Å². The number of nitrogens with two attached hydrogens (primary N) is 1. The van der Waals surface area contributed by atoms with Crippen LogP contribution in [0.2, 0.25) is 0 Å². The van der Waals surface area contributed by atoms with Crippen molar-refractivity contribution in [1.29, 1.82) is 0 Å². The van der Waals surface area contributed by atoms with Crippen LogP contribution in [0, 0.1) is 0 Å². The molecule has 0 fully saturated rings. The summed E-state index contributed by atoms with van der Waals surface area (Å²) in [6.07, 6.45) is 17.0. The highest BCUT2D eigenvalue weighted by Gasteiger charge is 2.04. The maximum absolute atomic E-state index is 11.9. The maximum Gasteiger partial charge on any atom is 0.220 e. The first-order valence-electron chi connectivity index (χ1n) is 12.4. The van der Waals surface area contributed by atoms with Gasteiger partial charge in [-0.05, 0) is 30.4 Å². The molecule has 0 aromatic heterocycles. The van der Waals surface area contributed by atoms with E-state index < -0.39 is 0 Å². The second-order valence-corrected chi connectivity index (χ2v) is 8.67. The van der Waals surface area contributed by atoms with Crippen LogP contribution < -0.4 is 11.1 Å². The molecule has 4 heteroatoms. The molecule has 0 saturated heterocycles. The molecule has 0 radical (unpaired) electrons. The van der Waals surface area contributed by atoms with E-state index >= 15 is 0 Å². The summed E-state index contributed by atoms with van der Waals surface area (Å²) < 4.78 is 0. The molecular weight excluding hydrogens is 372 g/mol. The highest BCUT2D eigenvalue weighted by Crippen LogP contribution is 2.14. The van der Waals surface area contributed by atoms with E-state index in [1.54, 1.807) is 0 Å². The lowest BCUT2D eigenvalue weighted by atomic mass is 10.0. The first-order valence-corrected chi connectivity index (χ1v) is 12.4. The monoisotopic (exact) mass is 418 g/mol. The third kappa shape index (κ3) is 14.6. The summed E-state index contributed by atoms with van der Waals surface area (Å²) in [5.74, 6) is 0.145. The van der Waals surface area contributed by atoms with Gasteiger partial charge in [0.25, 0.3) is 0 Å². The van der Waals surface area contributed by atoms with E-state index in [0.29, 0.717) is 19.5 Å². The molecular formula is C26H46N2O2. The Bertz CT molecular complexity index is 530. The Morgan fingerprint density at radius 2 is 1.33 bits per heavy atom. The van der Waals surface area contributed by atoms with E-state index in [0.717, 1.165) is 43.2 Å². The Hall–Kier alpha value is -1.39. The standard InChI is InChI=1S/C26H46N2O2/c1-2-3-4-11-14-25(29)15-12-9-7-5-6-8-10-13-16-26(30)28-22-24-19-17-23(21-27)18-20-24/h17-20,25,29H,2-16,21-22,27H2,1H3,(H,28,30). The molecule has 1 atom stereocenters. The third-order valence-electron chi connectivity index (χ3n) is 5.83.